The van der Waals surface area contributed by atoms with Crippen molar-refractivity contribution >= 4 is 11.6 Å². The highest BCUT2D eigenvalue weighted by Crippen LogP contribution is 2.20. The number of carbonyl (C=O) groups excluding carboxylic acids is 1. The van der Waals surface area contributed by atoms with Gasteiger partial charge in [-0.2, -0.15) is 0 Å². The van der Waals surface area contributed by atoms with Crippen LogP contribution in [0.3, 0.4) is 0 Å². The summed E-state index contributed by atoms with van der Waals surface area (Å²) >= 11 is 0. The van der Waals surface area contributed by atoms with Crippen molar-refractivity contribution in [1.29, 1.82) is 0 Å². The number of rotatable bonds is 5. The van der Waals surface area contributed by atoms with Crippen molar-refractivity contribution in [1.82, 2.24) is 4.57 Å². The minimum Gasteiger partial charge on any atom is -0.324 e. The molecule has 1 heterocycles. The van der Waals surface area contributed by atoms with Crippen LogP contribution in [0.2, 0.25) is 0 Å². The monoisotopic (exact) mass is 299 g/mol. The lowest BCUT2D eigenvalue weighted by Gasteiger charge is -2.20. The number of pyridine rings is 1. The third kappa shape index (κ3) is 3.62. The van der Waals surface area contributed by atoms with E-state index in [1.807, 2.05) is 37.3 Å². The molecule has 116 valence electrons. The second kappa shape index (κ2) is 7.04. The zero-order chi connectivity index (χ0) is 16.1. The highest BCUT2D eigenvalue weighted by molar-refractivity contribution is 5.92. The van der Waals surface area contributed by atoms with Crippen LogP contribution >= 0.6 is 0 Å². The zero-order valence-electron chi connectivity index (χ0n) is 12.8. The van der Waals surface area contributed by atoms with Crippen LogP contribution in [0.15, 0.2) is 53.5 Å². The molecule has 0 aliphatic rings. The van der Waals surface area contributed by atoms with E-state index >= 15 is 0 Å². The molecular formula is C17H21N3O2. The maximum atomic E-state index is 12.3. The quantitative estimate of drug-likeness (QED) is 0.888. The molecule has 2 unspecified atom stereocenters. The molecule has 0 bridgehead atoms. The number of nitrogens with two attached hydrogens (primary N) is 1. The van der Waals surface area contributed by atoms with Crippen LogP contribution in [0.25, 0.3) is 0 Å². The van der Waals surface area contributed by atoms with E-state index in [0.29, 0.717) is 12.2 Å². The summed E-state index contributed by atoms with van der Waals surface area (Å²) in [6, 6.07) is 12.2. The Hall–Kier alpha value is -2.40. The highest BCUT2D eigenvalue weighted by atomic mass is 16.2. The standard InChI is InChI=1S/C17H21N3O2/c1-3-20-11-14(9-10-15(20)21)19-17(22)12(2)16(18)13-7-5-4-6-8-13/h4-12,16H,3,18H2,1-2H3,(H,19,22). The minimum atomic E-state index is -0.385. The first-order valence-corrected chi connectivity index (χ1v) is 7.34. The molecule has 0 saturated heterocycles. The smallest absolute Gasteiger partial charge is 0.250 e. The fourth-order valence-electron chi connectivity index (χ4n) is 2.24. The maximum Gasteiger partial charge on any atom is 0.250 e. The van der Waals surface area contributed by atoms with Crippen molar-refractivity contribution in [3.8, 4) is 0 Å². The summed E-state index contributed by atoms with van der Waals surface area (Å²) in [5, 5.41) is 2.82. The Bertz CT molecular complexity index is 695. The van der Waals surface area contributed by atoms with Crippen molar-refractivity contribution in [2.45, 2.75) is 26.4 Å². The highest BCUT2D eigenvalue weighted by Gasteiger charge is 2.22. The van der Waals surface area contributed by atoms with Crippen molar-refractivity contribution in [2.24, 2.45) is 11.7 Å². The molecule has 1 aromatic heterocycles. The second-order valence-electron chi connectivity index (χ2n) is 5.26. The number of aromatic nitrogens is 1. The predicted molar refractivity (Wildman–Crippen MR) is 87.5 cm³/mol. The fraction of sp³-hybridized carbons (Fsp3) is 0.294. The summed E-state index contributed by atoms with van der Waals surface area (Å²) in [5.41, 5.74) is 7.58. The number of benzene rings is 1. The van der Waals surface area contributed by atoms with E-state index in [2.05, 4.69) is 5.32 Å². The van der Waals surface area contributed by atoms with Crippen LogP contribution in [0.4, 0.5) is 5.69 Å². The number of hydrogen-bond donors (Lipinski definition) is 2. The summed E-state index contributed by atoms with van der Waals surface area (Å²) in [7, 11) is 0. The maximum absolute atomic E-state index is 12.3. The SMILES string of the molecule is CCn1cc(NC(=O)C(C)C(N)c2ccccc2)ccc1=O. The molecule has 2 aromatic rings. The molecule has 3 N–H and O–H groups in total. The van der Waals surface area contributed by atoms with E-state index < -0.39 is 0 Å². The van der Waals surface area contributed by atoms with Gasteiger partial charge in [0.25, 0.3) is 5.56 Å². The van der Waals surface area contributed by atoms with Crippen LogP contribution in [-0.2, 0) is 11.3 Å². The van der Waals surface area contributed by atoms with Gasteiger partial charge in [-0.1, -0.05) is 37.3 Å². The van der Waals surface area contributed by atoms with Crippen LogP contribution in [0.1, 0.15) is 25.5 Å². The molecule has 0 saturated carbocycles. The number of amides is 1. The lowest BCUT2D eigenvalue weighted by molar-refractivity contribution is -0.120. The summed E-state index contributed by atoms with van der Waals surface area (Å²) in [4.78, 5) is 23.9. The van der Waals surface area contributed by atoms with Gasteiger partial charge in [-0.25, -0.2) is 0 Å². The fourth-order valence-corrected chi connectivity index (χ4v) is 2.24. The average molecular weight is 299 g/mol. The number of hydrogen-bond acceptors (Lipinski definition) is 3. The number of aryl methyl sites for hydroxylation is 1. The van der Waals surface area contributed by atoms with Crippen molar-refractivity contribution < 1.29 is 4.79 Å². The van der Waals surface area contributed by atoms with Gasteiger partial charge in [0.2, 0.25) is 5.91 Å². The number of carbonyl (C=O) groups is 1. The Morgan fingerprint density at radius 3 is 2.55 bits per heavy atom. The van der Waals surface area contributed by atoms with Crippen LogP contribution < -0.4 is 16.6 Å². The molecule has 5 nitrogen and oxygen atoms in total. The third-order valence-corrected chi connectivity index (χ3v) is 3.73. The Morgan fingerprint density at radius 2 is 1.91 bits per heavy atom. The molecule has 22 heavy (non-hydrogen) atoms. The van der Waals surface area contributed by atoms with Crippen LogP contribution in [0.5, 0.6) is 0 Å². The van der Waals surface area contributed by atoms with Gasteiger partial charge >= 0.3 is 0 Å². The van der Waals surface area contributed by atoms with E-state index in [9.17, 15) is 9.59 Å². The molecular weight excluding hydrogens is 278 g/mol. The summed E-state index contributed by atoms with van der Waals surface area (Å²) in [6.07, 6.45) is 1.64. The molecule has 2 rings (SSSR count). The van der Waals surface area contributed by atoms with Gasteiger partial charge in [-0.15, -0.1) is 0 Å². The van der Waals surface area contributed by atoms with Crippen LogP contribution in [0, 0.1) is 5.92 Å². The zero-order valence-corrected chi connectivity index (χ0v) is 12.8. The van der Waals surface area contributed by atoms with Gasteiger partial charge in [0.1, 0.15) is 0 Å². The average Bonchev–Trinajstić information content (AvgIpc) is 2.55. The first kappa shape index (κ1) is 16.0. The first-order chi connectivity index (χ1) is 10.5. The van der Waals surface area contributed by atoms with E-state index in [-0.39, 0.29) is 23.4 Å². The summed E-state index contributed by atoms with van der Waals surface area (Å²) in [6.45, 7) is 4.23. The van der Waals surface area contributed by atoms with Gasteiger partial charge in [0.05, 0.1) is 11.6 Å². The van der Waals surface area contributed by atoms with Crippen molar-refractivity contribution in [3.63, 3.8) is 0 Å². The Labute approximate surface area is 129 Å². The Balaban J connectivity index is 2.10. The normalized spacial score (nSPS) is 13.4. The van der Waals surface area contributed by atoms with Gasteiger partial charge in [-0.05, 0) is 18.6 Å². The summed E-state index contributed by atoms with van der Waals surface area (Å²) in [5.74, 6) is -0.554. The van der Waals surface area contributed by atoms with Gasteiger partial charge in [-0.3, -0.25) is 9.59 Å². The first-order valence-electron chi connectivity index (χ1n) is 7.34. The molecule has 2 atom stereocenters. The molecule has 0 aliphatic heterocycles. The minimum absolute atomic E-state index is 0.0884. The lowest BCUT2D eigenvalue weighted by atomic mass is 9.94. The second-order valence-corrected chi connectivity index (χ2v) is 5.26. The van der Waals surface area contributed by atoms with Crippen LogP contribution in [-0.4, -0.2) is 10.5 Å². The van der Waals surface area contributed by atoms with E-state index in [1.165, 1.54) is 10.6 Å². The van der Waals surface area contributed by atoms with E-state index in [1.54, 1.807) is 19.2 Å². The van der Waals surface area contributed by atoms with Gasteiger partial charge < -0.3 is 15.6 Å². The molecule has 5 heteroatoms. The molecule has 0 aliphatic carbocycles. The molecule has 1 amide bonds. The Morgan fingerprint density at radius 1 is 1.23 bits per heavy atom. The summed E-state index contributed by atoms with van der Waals surface area (Å²) < 4.78 is 1.54. The number of nitrogens with one attached hydrogen (secondary N) is 1. The van der Waals surface area contributed by atoms with Gasteiger partial charge in [0, 0.05) is 24.8 Å². The molecule has 1 aromatic carbocycles. The van der Waals surface area contributed by atoms with E-state index in [4.69, 9.17) is 5.73 Å². The van der Waals surface area contributed by atoms with E-state index in [0.717, 1.165) is 5.56 Å². The van der Waals surface area contributed by atoms with Crippen molar-refractivity contribution in [2.75, 3.05) is 5.32 Å². The predicted octanol–water partition coefficient (Wildman–Crippen LogP) is 2.14. The third-order valence-electron chi connectivity index (χ3n) is 3.73. The Kier molecular flexibility index (Phi) is 5.12. The molecule has 0 spiro atoms. The molecule has 0 radical (unpaired) electrons. The van der Waals surface area contributed by atoms with Crippen molar-refractivity contribution in [3.05, 3.63) is 64.6 Å². The number of anilines is 1. The number of nitrogens with zero attached hydrogens (tertiary/aromatic N) is 1. The topological polar surface area (TPSA) is 77.1 Å². The van der Waals surface area contributed by atoms with Gasteiger partial charge in [0.15, 0.2) is 0 Å². The molecule has 0 fully saturated rings. The lowest BCUT2D eigenvalue weighted by Crippen LogP contribution is -2.31. The largest absolute Gasteiger partial charge is 0.324 e.